The van der Waals surface area contributed by atoms with Crippen molar-refractivity contribution < 1.29 is 179 Å². The molecular formula is C92H136N14O41. The standard InChI is InChI=1S/C92H136N14O41/c1-45-67(113)71(117)73(119)87(136-45)146-75-53(93-81(121)55-35-63(109)97-91(127)95-55)31-49(85(125)129-3)33-57(75)140-89-79(77(69(115)61(41-107)142-89)138-59(83(123)103-17-11-18-103)29-47-13-7-5-8-14-47)144-65(111)39-105-37-51(99-101-105)43-134-27-25-132-23-21-131-22-24-133-26-28-135-44-52-38-106(102-100-52)40-66(112)145-80-78(139-60(84(124)104-19-12-20-104)30-48-15-9-6-10-16-48)70(116)62(42-108)143-90(80)141-58-34-50(86(126)130-4)32-54(94-82(122)56-36-64(110)98-92(128)96-56)76(58)147-88-74(120)72(118)68(114)46(2)137-88/h35-38,45-50,53-54,57-62,67-80,87-90,107-108,113-120H,5-34,39-44H2,1-4H3,(H,93,121)(H,94,122)(H2,95,97,109,127)(H2,96,98,110,128)/t45?,46?,49?,50?,53?,54?,57-,58-,59+,60+,61?,62?,67-,68-,69+,70+,71?,72?,73?,74?,75?,76?,77?,78?,79?,80?,87+,88+,89-,90-/m1/s1. The Morgan fingerprint density at radius 3 is 1.14 bits per heavy atom. The fourth-order valence-electron chi connectivity index (χ4n) is 20.0. The summed E-state index contributed by atoms with van der Waals surface area (Å²) in [5, 5.41) is 134. The van der Waals surface area contributed by atoms with Gasteiger partial charge in [-0.2, -0.15) is 0 Å². The molecule has 0 aromatic carbocycles. The zero-order valence-electron chi connectivity index (χ0n) is 81.9. The van der Waals surface area contributed by atoms with E-state index in [4.69, 9.17) is 90.0 Å². The summed E-state index contributed by atoms with van der Waals surface area (Å²) in [6.45, 7) is 2.15. The molecule has 14 rings (SSSR count). The van der Waals surface area contributed by atoms with Gasteiger partial charge in [-0.1, -0.05) is 74.6 Å². The number of aromatic amines is 4. The topological polar surface area (TPSA) is 738 Å². The molecule has 55 heteroatoms. The molecule has 4 aromatic rings. The molecule has 18 unspecified atom stereocenters. The van der Waals surface area contributed by atoms with Gasteiger partial charge in [-0.3, -0.25) is 57.9 Å². The molecule has 4 aliphatic carbocycles. The van der Waals surface area contributed by atoms with Crippen LogP contribution in [0.2, 0.25) is 0 Å². The number of nitrogens with one attached hydrogen (secondary N) is 6. The zero-order chi connectivity index (χ0) is 105. The first kappa shape index (κ1) is 113. The van der Waals surface area contributed by atoms with Gasteiger partial charge >= 0.3 is 35.3 Å². The van der Waals surface area contributed by atoms with E-state index in [1.165, 1.54) is 26.2 Å². The van der Waals surface area contributed by atoms with Gasteiger partial charge in [-0.15, -0.1) is 10.2 Å². The van der Waals surface area contributed by atoms with Crippen molar-refractivity contribution in [2.24, 2.45) is 23.7 Å². The summed E-state index contributed by atoms with van der Waals surface area (Å²) < 4.78 is 118. The monoisotopic (exact) mass is 2090 g/mol. The van der Waals surface area contributed by atoms with Crippen molar-refractivity contribution in [1.82, 2.24) is 70.4 Å². The van der Waals surface area contributed by atoms with Gasteiger partial charge in [-0.25, -0.2) is 19.0 Å². The number of carbonyl (C=O) groups excluding carboxylic acids is 8. The van der Waals surface area contributed by atoms with Gasteiger partial charge in [0.1, 0.15) is 134 Å². The fraction of sp³-hybridized carbons (Fsp3) is 0.783. The van der Waals surface area contributed by atoms with E-state index in [-0.39, 0.29) is 128 Å². The number of hydrogen-bond donors (Lipinski definition) is 16. The zero-order valence-corrected chi connectivity index (χ0v) is 81.9. The maximum Gasteiger partial charge on any atom is 0.328 e. The highest BCUT2D eigenvalue weighted by Crippen LogP contribution is 2.43. The molecule has 4 aromatic heterocycles. The first-order valence-corrected chi connectivity index (χ1v) is 50.0. The normalized spacial score (nSPS) is 32.3. The summed E-state index contributed by atoms with van der Waals surface area (Å²) >= 11 is 0. The Hall–Kier alpha value is -9.60. The molecule has 6 aliphatic heterocycles. The largest absolute Gasteiger partial charge is 0.469 e. The molecule has 4 amide bonds. The van der Waals surface area contributed by atoms with Crippen molar-refractivity contribution in [1.29, 1.82) is 0 Å². The molecule has 10 aliphatic rings. The second-order valence-electron chi connectivity index (χ2n) is 38.6. The Labute approximate surface area is 840 Å². The van der Waals surface area contributed by atoms with Crippen molar-refractivity contribution in [3.8, 4) is 0 Å². The van der Waals surface area contributed by atoms with E-state index in [1.54, 1.807) is 9.80 Å². The summed E-state index contributed by atoms with van der Waals surface area (Å²) in [6, 6.07) is -1.28. The second-order valence-corrected chi connectivity index (χ2v) is 38.6. The Morgan fingerprint density at radius 1 is 0.429 bits per heavy atom. The molecule has 55 nitrogen and oxygen atoms in total. The van der Waals surface area contributed by atoms with Crippen LogP contribution in [0.3, 0.4) is 0 Å². The van der Waals surface area contributed by atoms with Crippen LogP contribution < -0.4 is 33.1 Å². The van der Waals surface area contributed by atoms with Crippen LogP contribution in [0.4, 0.5) is 0 Å². The Morgan fingerprint density at radius 2 is 0.796 bits per heavy atom. The second kappa shape index (κ2) is 53.9. The smallest absolute Gasteiger partial charge is 0.328 e. The highest BCUT2D eigenvalue weighted by molar-refractivity contribution is 5.93. The number of nitrogens with zero attached hydrogens (tertiary/aromatic N) is 8. The molecule has 147 heavy (non-hydrogen) atoms. The minimum atomic E-state index is -1.97. The summed E-state index contributed by atoms with van der Waals surface area (Å²) in [6.07, 6.45) is -31.7. The molecule has 0 radical (unpaired) electrons. The van der Waals surface area contributed by atoms with Gasteiger partial charge in [0.2, 0.25) is 0 Å². The molecule has 4 saturated carbocycles. The van der Waals surface area contributed by atoms with Crippen LogP contribution in [0.5, 0.6) is 0 Å². The highest BCUT2D eigenvalue weighted by Gasteiger charge is 2.59. The minimum absolute atomic E-state index is 0.0136. The third kappa shape index (κ3) is 30.0. The number of rotatable bonds is 48. The van der Waals surface area contributed by atoms with Gasteiger partial charge in [0.05, 0.1) is 154 Å². The van der Waals surface area contributed by atoms with Gasteiger partial charge < -0.3 is 171 Å². The van der Waals surface area contributed by atoms with E-state index in [2.05, 4.69) is 41.2 Å². The maximum atomic E-state index is 14.6. The van der Waals surface area contributed by atoms with Crippen molar-refractivity contribution in [3.63, 3.8) is 0 Å². The molecule has 30 atom stereocenters. The maximum absolute atomic E-state index is 14.6. The van der Waals surface area contributed by atoms with E-state index >= 15 is 0 Å². The third-order valence-electron chi connectivity index (χ3n) is 28.1. The number of H-pyrrole nitrogens is 4. The van der Waals surface area contributed by atoms with E-state index in [1.807, 2.05) is 9.97 Å². The molecule has 0 bridgehead atoms. The fourth-order valence-corrected chi connectivity index (χ4v) is 20.0. The number of methoxy groups -OCH3 is 2. The minimum Gasteiger partial charge on any atom is -0.469 e. The highest BCUT2D eigenvalue weighted by atomic mass is 16.8. The number of aromatic nitrogens is 10. The lowest BCUT2D eigenvalue weighted by atomic mass is 9.81. The van der Waals surface area contributed by atoms with Crippen LogP contribution in [0.25, 0.3) is 0 Å². The van der Waals surface area contributed by atoms with Crippen molar-refractivity contribution in [3.05, 3.63) is 89.0 Å². The van der Waals surface area contributed by atoms with Gasteiger partial charge in [0.25, 0.3) is 34.7 Å². The third-order valence-corrected chi connectivity index (χ3v) is 28.1. The number of ether oxygens (including phenoxy) is 19. The van der Waals surface area contributed by atoms with E-state index in [0.29, 0.717) is 26.2 Å². The van der Waals surface area contributed by atoms with Crippen LogP contribution in [-0.4, -0.2) is 436 Å². The van der Waals surface area contributed by atoms with Crippen LogP contribution in [0.1, 0.15) is 162 Å². The summed E-state index contributed by atoms with van der Waals surface area (Å²) in [7, 11) is 2.20. The van der Waals surface area contributed by atoms with Crippen LogP contribution in [0.15, 0.2) is 43.7 Å². The Balaban J connectivity index is 0.563. The number of likely N-dealkylation sites (tertiary alicyclic amines) is 2. The molecule has 0 spiro atoms. The predicted octanol–water partition coefficient (Wildman–Crippen LogP) is -6.74. The van der Waals surface area contributed by atoms with Crippen LogP contribution in [0, 0.1) is 23.7 Å². The van der Waals surface area contributed by atoms with Gasteiger partial charge in [-0.05, 0) is 77.0 Å². The molecular weight excluding hydrogens is 1960 g/mol. The number of hydrogen-bond acceptors (Lipinski definition) is 45. The summed E-state index contributed by atoms with van der Waals surface area (Å²) in [5.41, 5.74) is -4.53. The molecule has 10 fully saturated rings. The van der Waals surface area contributed by atoms with Crippen LogP contribution in [-0.2, 0) is 145 Å². The lowest BCUT2D eigenvalue weighted by molar-refractivity contribution is -0.348. The number of amides is 4. The Bertz CT molecular complexity index is 4820. The van der Waals surface area contributed by atoms with Gasteiger partial charge in [0.15, 0.2) is 37.4 Å². The molecule has 820 valence electrons. The van der Waals surface area contributed by atoms with E-state index < -0.39 is 291 Å². The molecule has 16 N–H and O–H groups in total. The van der Waals surface area contributed by atoms with Crippen molar-refractivity contribution >= 4 is 47.5 Å². The summed E-state index contributed by atoms with van der Waals surface area (Å²) in [4.78, 5) is 175. The van der Waals surface area contributed by atoms with Gasteiger partial charge in [0, 0.05) is 38.3 Å². The number of aliphatic hydroxyl groups is 10. The lowest BCUT2D eigenvalue weighted by Crippen LogP contribution is -2.66. The van der Waals surface area contributed by atoms with Crippen molar-refractivity contribution in [2.75, 3.05) is 106 Å². The quantitative estimate of drug-likeness (QED) is 0.0111. The van der Waals surface area contributed by atoms with E-state index in [9.17, 15) is 109 Å². The molecule has 6 saturated heterocycles. The predicted molar refractivity (Wildman–Crippen MR) is 489 cm³/mol. The summed E-state index contributed by atoms with van der Waals surface area (Å²) in [5.74, 6) is -9.05. The first-order chi connectivity index (χ1) is 70.7. The van der Waals surface area contributed by atoms with E-state index in [0.717, 1.165) is 113 Å². The first-order valence-electron chi connectivity index (χ1n) is 50.0. The number of esters is 4. The molecule has 10 heterocycles. The Kier molecular flexibility index (Phi) is 41.4. The van der Waals surface area contributed by atoms with Crippen molar-refractivity contribution in [2.45, 2.75) is 327 Å². The van der Waals surface area contributed by atoms with Crippen LogP contribution >= 0.6 is 0 Å². The number of aliphatic hydroxyl groups excluding tert-OH is 10. The SMILES string of the molecule is COC(=O)C1CC(NC(=O)c2cc(=O)[nH]c(=O)[nH]2)C(O[C@@H]2OC(C)[C@@H](O)C(O)C2O)[C@H](O[C@@H]2OC(CO)[C@H](O)C(O[C@@H](CC3CCCCC3)C(=O)N3CCC3)C2OC(=O)Cn2cc(COCCOCCOCCOCCOCc3cn(CC(=O)OC4C(O[C@@H](CC5CCCCC5)C(=O)N5CCC5)[C@@H](O)C(CO)O[C@H]4O[C@@H]4CC(C(=O)OC)CC(NC(=O)c5cc(=O)[nH]c(=O)[nH]5)C4O[C@@H]4OC(C)[C@@H](O)C(O)C4O)nn3)nn2)C1. The average molecular weight is 2090 g/mol. The lowest BCUT2D eigenvalue weighted by Gasteiger charge is -2.49. The number of carbonyl (C=O) groups is 8. The average Bonchev–Trinajstić information content (AvgIpc) is 1.24.